The number of nitrogens with zero attached hydrogens (tertiary/aromatic N) is 1. The van der Waals surface area contributed by atoms with Gasteiger partial charge in [0.25, 0.3) is 0 Å². The van der Waals surface area contributed by atoms with Gasteiger partial charge in [0.1, 0.15) is 6.04 Å². The lowest BCUT2D eigenvalue weighted by Gasteiger charge is -2.23. The quantitative estimate of drug-likeness (QED) is 0.618. The summed E-state index contributed by atoms with van der Waals surface area (Å²) in [5.74, 6) is 0. The van der Waals surface area contributed by atoms with Crippen LogP contribution in [0.25, 0.3) is 0 Å². The molecule has 0 aromatic heterocycles. The van der Waals surface area contributed by atoms with Gasteiger partial charge in [0.15, 0.2) is 5.06 Å². The fraction of sp³-hybridized carbons (Fsp3) is 0.154. The van der Waals surface area contributed by atoms with Crippen molar-refractivity contribution in [2.75, 3.05) is 0 Å². The van der Waals surface area contributed by atoms with Crippen LogP contribution in [0.15, 0.2) is 59.6 Å². The summed E-state index contributed by atoms with van der Waals surface area (Å²) in [6.45, 7) is 0. The first-order valence-electron chi connectivity index (χ1n) is 5.04. The van der Waals surface area contributed by atoms with E-state index in [4.69, 9.17) is 11.6 Å². The maximum atomic E-state index is 9.83. The molecule has 82 valence electrons. The minimum absolute atomic E-state index is 0.445. The summed E-state index contributed by atoms with van der Waals surface area (Å²) in [7, 11) is 0. The molecule has 1 aromatic carbocycles. The van der Waals surface area contributed by atoms with Gasteiger partial charge in [0, 0.05) is 6.21 Å². The van der Waals surface area contributed by atoms with E-state index in [2.05, 4.69) is 4.99 Å². The molecule has 1 aliphatic rings. The summed E-state index contributed by atoms with van der Waals surface area (Å²) in [4.78, 5) is 4.26. The minimum Gasteiger partial charge on any atom is -0.369 e. The molecule has 2 atom stereocenters. The van der Waals surface area contributed by atoms with Gasteiger partial charge in [-0.05, 0) is 11.6 Å². The molecule has 1 aliphatic carbocycles. The van der Waals surface area contributed by atoms with Crippen LogP contribution in [-0.2, 0) is 0 Å². The van der Waals surface area contributed by atoms with Gasteiger partial charge in [-0.2, -0.15) is 0 Å². The lowest BCUT2D eigenvalue weighted by molar-refractivity contribution is 0.164. The summed E-state index contributed by atoms with van der Waals surface area (Å²) in [6.07, 6.45) is 8.54. The Labute approximate surface area is 99.6 Å². The Morgan fingerprint density at radius 3 is 2.69 bits per heavy atom. The van der Waals surface area contributed by atoms with Crippen molar-refractivity contribution in [1.82, 2.24) is 0 Å². The molecule has 2 nitrogen and oxygen atoms in total. The van der Waals surface area contributed by atoms with E-state index in [9.17, 15) is 5.11 Å². The van der Waals surface area contributed by atoms with Crippen LogP contribution in [0.1, 0.15) is 5.56 Å². The highest BCUT2D eigenvalue weighted by Gasteiger charge is 2.30. The molecule has 2 unspecified atom stereocenters. The number of allylic oxidation sites excluding steroid dienone is 2. The summed E-state index contributed by atoms with van der Waals surface area (Å²) in [5.41, 5.74) is 0.984. The second-order valence-corrected chi connectivity index (χ2v) is 4.21. The third-order valence-corrected chi connectivity index (χ3v) is 2.68. The Hall–Kier alpha value is -1.38. The van der Waals surface area contributed by atoms with E-state index in [1.54, 1.807) is 18.4 Å². The van der Waals surface area contributed by atoms with Gasteiger partial charge < -0.3 is 5.11 Å². The van der Waals surface area contributed by atoms with E-state index in [1.807, 2.05) is 36.4 Å². The average molecular weight is 234 g/mol. The van der Waals surface area contributed by atoms with Crippen LogP contribution in [0, 0.1) is 0 Å². The third-order valence-electron chi connectivity index (χ3n) is 2.33. The van der Waals surface area contributed by atoms with Crippen molar-refractivity contribution >= 4 is 17.8 Å². The van der Waals surface area contributed by atoms with Crippen molar-refractivity contribution in [1.29, 1.82) is 0 Å². The molecule has 3 heteroatoms. The number of aliphatic hydroxyl groups is 1. The molecular formula is C13H12ClNO. The summed E-state index contributed by atoms with van der Waals surface area (Å²) in [6, 6.07) is 9.26. The molecule has 0 aliphatic heterocycles. The molecule has 2 rings (SSSR count). The average Bonchev–Trinajstić information content (AvgIpc) is 2.28. The van der Waals surface area contributed by atoms with Crippen molar-refractivity contribution in [2.24, 2.45) is 4.99 Å². The van der Waals surface area contributed by atoms with E-state index in [1.165, 1.54) is 6.08 Å². The predicted molar refractivity (Wildman–Crippen MR) is 66.9 cm³/mol. The molecule has 1 aromatic rings. The van der Waals surface area contributed by atoms with E-state index < -0.39 is 11.1 Å². The van der Waals surface area contributed by atoms with Crippen LogP contribution in [0.4, 0.5) is 0 Å². The van der Waals surface area contributed by atoms with Crippen molar-refractivity contribution < 1.29 is 5.11 Å². The van der Waals surface area contributed by atoms with Crippen LogP contribution in [-0.4, -0.2) is 22.4 Å². The van der Waals surface area contributed by atoms with Crippen LogP contribution in [0.3, 0.4) is 0 Å². The largest absolute Gasteiger partial charge is 0.369 e. The standard InChI is InChI=1S/C13H12ClNO/c14-13(16)9-5-4-8-12(13)15-10-11-6-2-1-3-7-11/h1-10,12,16H/b15-10+. The molecule has 0 amide bonds. The normalized spacial score (nSPS) is 28.8. The first kappa shape index (κ1) is 11.1. The monoisotopic (exact) mass is 233 g/mol. The van der Waals surface area contributed by atoms with E-state index >= 15 is 0 Å². The first-order valence-corrected chi connectivity index (χ1v) is 5.42. The number of rotatable bonds is 2. The van der Waals surface area contributed by atoms with Gasteiger partial charge in [-0.15, -0.1) is 0 Å². The summed E-state index contributed by atoms with van der Waals surface area (Å²) < 4.78 is 0. The van der Waals surface area contributed by atoms with Crippen molar-refractivity contribution in [3.63, 3.8) is 0 Å². The number of benzene rings is 1. The van der Waals surface area contributed by atoms with Crippen LogP contribution < -0.4 is 0 Å². The minimum atomic E-state index is -1.42. The Morgan fingerprint density at radius 2 is 2.00 bits per heavy atom. The van der Waals surface area contributed by atoms with Gasteiger partial charge in [-0.3, -0.25) is 4.99 Å². The summed E-state index contributed by atoms with van der Waals surface area (Å²) in [5, 5.41) is 8.41. The van der Waals surface area contributed by atoms with Crippen molar-refractivity contribution in [2.45, 2.75) is 11.1 Å². The number of aliphatic imine (C=N–C) groups is 1. The van der Waals surface area contributed by atoms with Gasteiger partial charge >= 0.3 is 0 Å². The SMILES string of the molecule is OC1(Cl)C=CC=CC1/N=C/c1ccccc1. The smallest absolute Gasteiger partial charge is 0.183 e. The molecule has 0 saturated heterocycles. The number of hydrogen-bond donors (Lipinski definition) is 1. The molecular weight excluding hydrogens is 222 g/mol. The Bertz CT molecular complexity index is 435. The fourth-order valence-corrected chi connectivity index (χ4v) is 1.65. The van der Waals surface area contributed by atoms with Gasteiger partial charge in [-0.1, -0.05) is 60.2 Å². The maximum Gasteiger partial charge on any atom is 0.183 e. The third kappa shape index (κ3) is 2.60. The molecule has 0 radical (unpaired) electrons. The zero-order valence-electron chi connectivity index (χ0n) is 8.62. The molecule has 0 saturated carbocycles. The zero-order chi connectivity index (χ0) is 11.4. The number of halogens is 1. The van der Waals surface area contributed by atoms with E-state index in [-0.39, 0.29) is 0 Å². The zero-order valence-corrected chi connectivity index (χ0v) is 9.38. The molecule has 0 spiro atoms. The maximum absolute atomic E-state index is 9.83. The molecule has 16 heavy (non-hydrogen) atoms. The second-order valence-electron chi connectivity index (χ2n) is 3.61. The summed E-state index contributed by atoms with van der Waals surface area (Å²) >= 11 is 5.91. The highest BCUT2D eigenvalue weighted by atomic mass is 35.5. The lowest BCUT2D eigenvalue weighted by atomic mass is 10.1. The van der Waals surface area contributed by atoms with E-state index in [0.717, 1.165) is 5.56 Å². The highest BCUT2D eigenvalue weighted by Crippen LogP contribution is 2.25. The first-order chi connectivity index (χ1) is 7.68. The van der Waals surface area contributed by atoms with Gasteiger partial charge in [0.05, 0.1) is 0 Å². The molecule has 0 bridgehead atoms. The van der Waals surface area contributed by atoms with Crippen LogP contribution >= 0.6 is 11.6 Å². The molecule has 0 fully saturated rings. The van der Waals surface area contributed by atoms with E-state index in [0.29, 0.717) is 0 Å². The van der Waals surface area contributed by atoms with Crippen LogP contribution in [0.5, 0.6) is 0 Å². The molecule has 0 heterocycles. The second kappa shape index (κ2) is 4.64. The number of hydrogen-bond acceptors (Lipinski definition) is 2. The highest BCUT2D eigenvalue weighted by molar-refractivity contribution is 6.24. The fourth-order valence-electron chi connectivity index (χ4n) is 1.45. The van der Waals surface area contributed by atoms with Gasteiger partial charge in [0.2, 0.25) is 0 Å². The number of alkyl halides is 1. The molecule has 1 N–H and O–H groups in total. The van der Waals surface area contributed by atoms with Crippen molar-refractivity contribution in [3.8, 4) is 0 Å². The Morgan fingerprint density at radius 1 is 1.25 bits per heavy atom. The lowest BCUT2D eigenvalue weighted by Crippen LogP contribution is -2.33. The predicted octanol–water partition coefficient (Wildman–Crippen LogP) is 2.53. The van der Waals surface area contributed by atoms with Crippen molar-refractivity contribution in [3.05, 3.63) is 60.2 Å². The Kier molecular flexibility index (Phi) is 3.22. The Balaban J connectivity index is 2.13. The topological polar surface area (TPSA) is 32.6 Å². The van der Waals surface area contributed by atoms with Crippen LogP contribution in [0.2, 0.25) is 0 Å². The van der Waals surface area contributed by atoms with Gasteiger partial charge in [-0.25, -0.2) is 0 Å².